The van der Waals surface area contributed by atoms with Gasteiger partial charge in [0.1, 0.15) is 23.6 Å². The zero-order valence-corrected chi connectivity index (χ0v) is 19.7. The molecule has 1 aromatic heterocycles. The van der Waals surface area contributed by atoms with Gasteiger partial charge >= 0.3 is 0 Å². The van der Waals surface area contributed by atoms with E-state index >= 15 is 0 Å². The maximum atomic E-state index is 13.8. The lowest BCUT2D eigenvalue weighted by Gasteiger charge is -2.42. The molecule has 1 aliphatic heterocycles. The van der Waals surface area contributed by atoms with Gasteiger partial charge in [0.25, 0.3) is 0 Å². The third-order valence-corrected chi connectivity index (χ3v) is 7.93. The molecular formula is C24H20F3N3O3S2. The Kier molecular flexibility index (Phi) is 6.67. The summed E-state index contributed by atoms with van der Waals surface area (Å²) >= 11 is 5.94. The van der Waals surface area contributed by atoms with Gasteiger partial charge in [-0.3, -0.25) is 0 Å². The predicted molar refractivity (Wildman–Crippen MR) is 130 cm³/mol. The number of thioether (sulfide) groups is 1. The summed E-state index contributed by atoms with van der Waals surface area (Å²) < 4.78 is 48.2. The first kappa shape index (κ1) is 24.0. The van der Waals surface area contributed by atoms with Crippen LogP contribution in [0.3, 0.4) is 0 Å². The van der Waals surface area contributed by atoms with E-state index < -0.39 is 45.5 Å². The maximum Gasteiger partial charge on any atom is 0.194 e. The number of nitrogens with zero attached hydrogens (tertiary/aromatic N) is 3. The number of rotatable bonds is 5. The lowest BCUT2D eigenvalue weighted by Crippen LogP contribution is -2.52. The summed E-state index contributed by atoms with van der Waals surface area (Å²) in [4.78, 5) is 0. The molecule has 4 aromatic rings. The van der Waals surface area contributed by atoms with Gasteiger partial charge in [0.15, 0.2) is 17.5 Å². The molecule has 35 heavy (non-hydrogen) atoms. The van der Waals surface area contributed by atoms with E-state index in [0.717, 1.165) is 22.9 Å². The Hall–Kier alpha value is -2.73. The fourth-order valence-electron chi connectivity index (χ4n) is 4.21. The van der Waals surface area contributed by atoms with E-state index in [-0.39, 0.29) is 17.9 Å². The van der Waals surface area contributed by atoms with Crippen LogP contribution in [0.5, 0.6) is 5.75 Å². The molecule has 2 heterocycles. The molecule has 11 heteroatoms. The van der Waals surface area contributed by atoms with Crippen LogP contribution in [0, 0.1) is 17.5 Å². The lowest BCUT2D eigenvalue weighted by atomic mass is 10.0. The first-order valence-electron chi connectivity index (χ1n) is 10.7. The largest absolute Gasteiger partial charge is 0.485 e. The first-order chi connectivity index (χ1) is 16.9. The molecule has 0 unspecified atom stereocenters. The van der Waals surface area contributed by atoms with E-state index in [1.54, 1.807) is 0 Å². The van der Waals surface area contributed by atoms with Crippen molar-refractivity contribution in [2.24, 2.45) is 0 Å². The summed E-state index contributed by atoms with van der Waals surface area (Å²) in [6.45, 7) is -0.309. The summed E-state index contributed by atoms with van der Waals surface area (Å²) in [6.07, 6.45) is -0.433. The second-order valence-corrected chi connectivity index (χ2v) is 10.4. The van der Waals surface area contributed by atoms with E-state index in [9.17, 15) is 23.4 Å². The standard InChI is InChI=1S/C24H20F3N3O3S2/c25-15-8-13(9-16(26)20(15)27)17-10-30(29-28-17)21-22(32)19(11-31)35-24(34)23(21)33-18-7-3-5-12-4-1-2-6-14(12)18/h1-10,19,21-24,31-32,34H,11H2/t19-,21+,22+,23-,24+/m0/s1. The monoisotopic (exact) mass is 519 g/mol. The number of aliphatic hydroxyl groups is 2. The number of aliphatic hydroxyl groups excluding tert-OH is 2. The van der Waals surface area contributed by atoms with Crippen LogP contribution in [0.25, 0.3) is 22.0 Å². The van der Waals surface area contributed by atoms with Crippen LogP contribution in [0.2, 0.25) is 0 Å². The lowest BCUT2D eigenvalue weighted by molar-refractivity contribution is 0.0163. The molecule has 3 aromatic carbocycles. The predicted octanol–water partition coefficient (Wildman–Crippen LogP) is 4.23. The maximum absolute atomic E-state index is 13.8. The zero-order valence-electron chi connectivity index (χ0n) is 18.0. The van der Waals surface area contributed by atoms with Gasteiger partial charge in [-0.15, -0.1) is 16.9 Å². The van der Waals surface area contributed by atoms with E-state index in [4.69, 9.17) is 4.74 Å². The highest BCUT2D eigenvalue weighted by molar-refractivity contribution is 8.10. The fourth-order valence-corrected chi connectivity index (χ4v) is 6.05. The van der Waals surface area contributed by atoms with Gasteiger partial charge in [-0.05, 0) is 23.6 Å². The van der Waals surface area contributed by atoms with Crippen LogP contribution < -0.4 is 4.74 Å². The van der Waals surface area contributed by atoms with Gasteiger partial charge in [0.05, 0.1) is 28.7 Å². The number of benzene rings is 3. The second kappa shape index (κ2) is 9.73. The number of halogens is 3. The average molecular weight is 520 g/mol. The Morgan fingerprint density at radius 3 is 2.51 bits per heavy atom. The number of hydrogen-bond donors (Lipinski definition) is 3. The highest BCUT2D eigenvalue weighted by Gasteiger charge is 2.47. The summed E-state index contributed by atoms with van der Waals surface area (Å²) in [6, 6.07) is 14.1. The normalized spacial score (nSPS) is 24.6. The Morgan fingerprint density at radius 2 is 1.77 bits per heavy atom. The van der Waals surface area contributed by atoms with E-state index in [1.165, 1.54) is 22.6 Å². The quantitative estimate of drug-likeness (QED) is 0.271. The van der Waals surface area contributed by atoms with Crippen molar-refractivity contribution in [2.75, 3.05) is 6.61 Å². The molecule has 1 fully saturated rings. The van der Waals surface area contributed by atoms with Crippen molar-refractivity contribution in [3.63, 3.8) is 0 Å². The Labute approximate surface area is 208 Å². The van der Waals surface area contributed by atoms with Crippen LogP contribution in [-0.2, 0) is 0 Å². The van der Waals surface area contributed by atoms with Crippen molar-refractivity contribution in [3.8, 4) is 17.0 Å². The molecule has 2 N–H and O–H groups in total. The number of thiol groups is 1. The summed E-state index contributed by atoms with van der Waals surface area (Å²) in [5.41, 5.74) is 0.0633. The molecule has 0 saturated carbocycles. The highest BCUT2D eigenvalue weighted by atomic mass is 32.2. The molecular weight excluding hydrogens is 499 g/mol. The van der Waals surface area contributed by atoms with Crippen LogP contribution in [0.4, 0.5) is 13.2 Å². The van der Waals surface area contributed by atoms with Gasteiger partial charge in [0, 0.05) is 10.9 Å². The van der Waals surface area contributed by atoms with Crippen LogP contribution in [-0.4, -0.2) is 53.9 Å². The van der Waals surface area contributed by atoms with E-state index in [0.29, 0.717) is 5.75 Å². The van der Waals surface area contributed by atoms with Gasteiger partial charge in [-0.2, -0.15) is 12.6 Å². The van der Waals surface area contributed by atoms with Crippen molar-refractivity contribution in [2.45, 2.75) is 28.1 Å². The molecule has 0 amide bonds. The molecule has 6 nitrogen and oxygen atoms in total. The Balaban J connectivity index is 1.54. The van der Waals surface area contributed by atoms with Crippen molar-refractivity contribution >= 4 is 35.2 Å². The van der Waals surface area contributed by atoms with Crippen molar-refractivity contribution in [1.82, 2.24) is 15.0 Å². The minimum atomic E-state index is -1.58. The molecule has 0 spiro atoms. The third-order valence-electron chi connectivity index (χ3n) is 5.95. The van der Waals surface area contributed by atoms with Crippen LogP contribution >= 0.6 is 24.4 Å². The van der Waals surface area contributed by atoms with Crippen molar-refractivity contribution < 1.29 is 28.1 Å². The molecule has 5 rings (SSSR count). The van der Waals surface area contributed by atoms with Crippen LogP contribution in [0.1, 0.15) is 6.04 Å². The van der Waals surface area contributed by atoms with Crippen LogP contribution in [0.15, 0.2) is 60.8 Å². The molecule has 182 valence electrons. The average Bonchev–Trinajstić information content (AvgIpc) is 3.34. The SMILES string of the molecule is OC[C@@H]1S[C@@H](S)[C@@H](Oc2cccc3ccccc23)[C@H](n2cc(-c3cc(F)c(F)c(F)c3)nn2)[C@@H]1O. The molecule has 1 aliphatic rings. The topological polar surface area (TPSA) is 80.4 Å². The fraction of sp³-hybridized carbons (Fsp3) is 0.250. The summed E-state index contributed by atoms with van der Waals surface area (Å²) in [5.74, 6) is -3.70. The van der Waals surface area contributed by atoms with Crippen molar-refractivity contribution in [3.05, 3.63) is 78.2 Å². The van der Waals surface area contributed by atoms with Gasteiger partial charge in [0.2, 0.25) is 0 Å². The highest BCUT2D eigenvalue weighted by Crippen LogP contribution is 2.43. The molecule has 0 radical (unpaired) electrons. The minimum Gasteiger partial charge on any atom is -0.485 e. The van der Waals surface area contributed by atoms with E-state index in [1.807, 2.05) is 42.5 Å². The zero-order chi connectivity index (χ0) is 24.7. The number of ether oxygens (including phenoxy) is 1. The second-order valence-electron chi connectivity index (χ2n) is 8.13. The smallest absolute Gasteiger partial charge is 0.194 e. The van der Waals surface area contributed by atoms with Crippen molar-refractivity contribution in [1.29, 1.82) is 0 Å². The number of aromatic nitrogens is 3. The van der Waals surface area contributed by atoms with E-state index in [2.05, 4.69) is 22.9 Å². The third kappa shape index (κ3) is 4.49. The van der Waals surface area contributed by atoms with Gasteiger partial charge in [-0.25, -0.2) is 17.9 Å². The summed E-state index contributed by atoms with van der Waals surface area (Å²) in [5, 5.41) is 30.2. The molecule has 1 saturated heterocycles. The Morgan fingerprint density at radius 1 is 1.06 bits per heavy atom. The van der Waals surface area contributed by atoms with Gasteiger partial charge < -0.3 is 14.9 Å². The number of fused-ring (bicyclic) bond motifs is 1. The molecule has 0 bridgehead atoms. The summed E-state index contributed by atoms with van der Waals surface area (Å²) in [7, 11) is 0. The van der Waals surface area contributed by atoms with Gasteiger partial charge in [-0.1, -0.05) is 41.6 Å². The first-order valence-corrected chi connectivity index (χ1v) is 12.2. The Bertz CT molecular complexity index is 1340. The minimum absolute atomic E-state index is 0.0139. The molecule has 0 aliphatic carbocycles. The molecule has 5 atom stereocenters. The number of hydrogen-bond acceptors (Lipinski definition) is 7.